The molecule has 0 aliphatic carbocycles. The fraction of sp³-hybridized carbons (Fsp3) is 0.500. The van der Waals surface area contributed by atoms with Gasteiger partial charge in [-0.3, -0.25) is 0 Å². The van der Waals surface area contributed by atoms with Crippen LogP contribution in [0.1, 0.15) is 27.7 Å². The first-order valence-corrected chi connectivity index (χ1v) is 4.68. The molecule has 0 saturated carbocycles. The average Bonchev–Trinajstić information content (AvgIpc) is 2.53. The van der Waals surface area contributed by atoms with Gasteiger partial charge in [0.05, 0.1) is 5.54 Å². The summed E-state index contributed by atoms with van der Waals surface area (Å²) >= 11 is 0. The zero-order valence-corrected chi connectivity index (χ0v) is 8.83. The summed E-state index contributed by atoms with van der Waals surface area (Å²) in [7, 11) is 0. The molecule has 0 aliphatic rings. The van der Waals surface area contributed by atoms with Gasteiger partial charge < -0.3 is 4.57 Å². The number of hydrogen-bond donors (Lipinski definition) is 0. The summed E-state index contributed by atoms with van der Waals surface area (Å²) in [6, 6.07) is 4.05. The van der Waals surface area contributed by atoms with Crippen molar-refractivity contribution in [2.45, 2.75) is 33.2 Å². The highest BCUT2D eigenvalue weighted by molar-refractivity contribution is 5.15. The van der Waals surface area contributed by atoms with Gasteiger partial charge in [0.1, 0.15) is 0 Å². The molecule has 0 aromatic carbocycles. The fourth-order valence-electron chi connectivity index (χ4n) is 1.09. The second-order valence-corrected chi connectivity index (χ2v) is 4.07. The lowest BCUT2D eigenvalue weighted by Gasteiger charge is -2.20. The van der Waals surface area contributed by atoms with E-state index in [-0.39, 0.29) is 5.54 Å². The molecule has 0 aliphatic heterocycles. The zero-order valence-electron chi connectivity index (χ0n) is 8.83. The monoisotopic (exact) mass is 175 g/mol. The first kappa shape index (κ1) is 9.92. The van der Waals surface area contributed by atoms with E-state index in [4.69, 9.17) is 0 Å². The summed E-state index contributed by atoms with van der Waals surface area (Å²) in [5, 5.41) is 0. The van der Waals surface area contributed by atoms with Crippen LogP contribution in [0, 0.1) is 17.8 Å². The molecule has 0 amide bonds. The molecule has 0 N–H and O–H groups in total. The Kier molecular flexibility index (Phi) is 2.83. The lowest BCUT2D eigenvalue weighted by Crippen LogP contribution is -2.22. The number of aromatic nitrogens is 1. The molecular formula is C12H17N. The summed E-state index contributed by atoms with van der Waals surface area (Å²) in [6.07, 6.45) is 4.10. The van der Waals surface area contributed by atoms with Crippen LogP contribution in [-0.4, -0.2) is 4.57 Å². The minimum Gasteiger partial charge on any atom is -0.338 e. The smallest absolute Gasteiger partial charge is 0.0992 e. The fourth-order valence-corrected chi connectivity index (χ4v) is 1.09. The van der Waals surface area contributed by atoms with Crippen molar-refractivity contribution in [3.05, 3.63) is 24.5 Å². The second kappa shape index (κ2) is 3.70. The van der Waals surface area contributed by atoms with Crippen molar-refractivity contribution in [3.8, 4) is 11.8 Å². The van der Waals surface area contributed by atoms with Gasteiger partial charge >= 0.3 is 0 Å². The molecule has 1 aromatic heterocycles. The molecule has 1 heteroatoms. The molecule has 0 fully saturated rings. The van der Waals surface area contributed by atoms with E-state index >= 15 is 0 Å². The second-order valence-electron chi connectivity index (χ2n) is 4.07. The predicted molar refractivity (Wildman–Crippen MR) is 56.4 cm³/mol. The number of hydrogen-bond acceptors (Lipinski definition) is 0. The first-order chi connectivity index (χ1) is 6.02. The Morgan fingerprint density at radius 1 is 1.15 bits per heavy atom. The van der Waals surface area contributed by atoms with E-state index in [2.05, 4.69) is 56.5 Å². The van der Waals surface area contributed by atoms with E-state index in [1.54, 1.807) is 0 Å². The Bertz CT molecular complexity index is 307. The van der Waals surface area contributed by atoms with E-state index in [1.807, 2.05) is 12.1 Å². The van der Waals surface area contributed by atoms with Gasteiger partial charge in [0.2, 0.25) is 0 Å². The molecule has 0 unspecified atom stereocenters. The molecular weight excluding hydrogens is 158 g/mol. The maximum Gasteiger partial charge on any atom is 0.0992 e. The van der Waals surface area contributed by atoms with E-state index in [9.17, 15) is 0 Å². The van der Waals surface area contributed by atoms with Gasteiger partial charge in [-0.25, -0.2) is 0 Å². The average molecular weight is 175 g/mol. The van der Waals surface area contributed by atoms with Crippen LogP contribution < -0.4 is 0 Å². The molecule has 70 valence electrons. The highest BCUT2D eigenvalue weighted by atomic mass is 15.0. The van der Waals surface area contributed by atoms with Crippen molar-refractivity contribution in [3.63, 3.8) is 0 Å². The lowest BCUT2D eigenvalue weighted by molar-refractivity contribution is 0.475. The molecule has 0 saturated heterocycles. The molecule has 0 bridgehead atoms. The molecule has 1 nitrogen and oxygen atoms in total. The topological polar surface area (TPSA) is 4.93 Å². The van der Waals surface area contributed by atoms with Crippen LogP contribution in [0.2, 0.25) is 0 Å². The Hall–Kier alpha value is -1.16. The van der Waals surface area contributed by atoms with Crippen molar-refractivity contribution in [2.24, 2.45) is 5.92 Å². The van der Waals surface area contributed by atoms with Crippen LogP contribution in [-0.2, 0) is 5.54 Å². The summed E-state index contributed by atoms with van der Waals surface area (Å²) in [6.45, 7) is 8.47. The molecule has 0 spiro atoms. The maximum absolute atomic E-state index is 3.27. The molecule has 1 rings (SSSR count). The van der Waals surface area contributed by atoms with Gasteiger partial charge in [-0.15, -0.1) is 0 Å². The maximum atomic E-state index is 3.27. The molecule has 13 heavy (non-hydrogen) atoms. The zero-order chi connectivity index (χ0) is 9.90. The van der Waals surface area contributed by atoms with Crippen LogP contribution in [0.3, 0.4) is 0 Å². The van der Waals surface area contributed by atoms with Crippen LogP contribution in [0.4, 0.5) is 0 Å². The Morgan fingerprint density at radius 2 is 1.69 bits per heavy atom. The van der Waals surface area contributed by atoms with Gasteiger partial charge in [-0.2, -0.15) is 0 Å². The van der Waals surface area contributed by atoms with E-state index < -0.39 is 0 Å². The third-order valence-corrected chi connectivity index (χ3v) is 1.92. The molecule has 0 radical (unpaired) electrons. The van der Waals surface area contributed by atoms with Crippen LogP contribution >= 0.6 is 0 Å². The normalized spacial score (nSPS) is 11.2. The largest absolute Gasteiger partial charge is 0.338 e. The standard InChI is InChI=1S/C12H17N/c1-11(2)7-8-12(3,4)13-9-5-6-10-13/h5-6,9-11H,1-4H3. The third-order valence-electron chi connectivity index (χ3n) is 1.92. The Balaban J connectivity index is 2.86. The third kappa shape index (κ3) is 2.66. The van der Waals surface area contributed by atoms with Crippen LogP contribution in [0.15, 0.2) is 24.5 Å². The Morgan fingerprint density at radius 3 is 2.15 bits per heavy atom. The number of nitrogens with zero attached hydrogens (tertiary/aromatic N) is 1. The van der Waals surface area contributed by atoms with Crippen LogP contribution in [0.5, 0.6) is 0 Å². The Labute approximate surface area is 80.8 Å². The van der Waals surface area contributed by atoms with Crippen molar-refractivity contribution in [1.29, 1.82) is 0 Å². The minimum absolute atomic E-state index is 0.0895. The number of rotatable bonds is 1. The van der Waals surface area contributed by atoms with Crippen molar-refractivity contribution < 1.29 is 0 Å². The first-order valence-electron chi connectivity index (χ1n) is 4.68. The molecule has 0 atom stereocenters. The van der Waals surface area contributed by atoms with Gasteiger partial charge in [-0.1, -0.05) is 25.7 Å². The lowest BCUT2D eigenvalue weighted by atomic mass is 10.1. The van der Waals surface area contributed by atoms with E-state index in [1.165, 1.54) is 0 Å². The van der Waals surface area contributed by atoms with Crippen molar-refractivity contribution in [2.75, 3.05) is 0 Å². The SMILES string of the molecule is CC(C)C#CC(C)(C)n1cccc1. The van der Waals surface area contributed by atoms with Gasteiger partial charge in [-0.05, 0) is 26.0 Å². The quantitative estimate of drug-likeness (QED) is 0.578. The highest BCUT2D eigenvalue weighted by Crippen LogP contribution is 2.13. The van der Waals surface area contributed by atoms with E-state index in [0.29, 0.717) is 5.92 Å². The predicted octanol–water partition coefficient (Wildman–Crippen LogP) is 2.88. The minimum atomic E-state index is -0.0895. The van der Waals surface area contributed by atoms with Crippen molar-refractivity contribution in [1.82, 2.24) is 4.57 Å². The summed E-state index contributed by atoms with van der Waals surface area (Å²) in [5.74, 6) is 6.92. The summed E-state index contributed by atoms with van der Waals surface area (Å²) < 4.78 is 2.13. The summed E-state index contributed by atoms with van der Waals surface area (Å²) in [4.78, 5) is 0. The van der Waals surface area contributed by atoms with Crippen LogP contribution in [0.25, 0.3) is 0 Å². The molecule has 1 heterocycles. The highest BCUT2D eigenvalue weighted by Gasteiger charge is 2.14. The molecule has 1 aromatic rings. The van der Waals surface area contributed by atoms with Gasteiger partial charge in [0, 0.05) is 18.3 Å². The van der Waals surface area contributed by atoms with Gasteiger partial charge in [0.25, 0.3) is 0 Å². The van der Waals surface area contributed by atoms with E-state index in [0.717, 1.165) is 0 Å². The van der Waals surface area contributed by atoms with Crippen molar-refractivity contribution >= 4 is 0 Å². The van der Waals surface area contributed by atoms with Gasteiger partial charge in [0.15, 0.2) is 0 Å². The summed E-state index contributed by atoms with van der Waals surface area (Å²) in [5.41, 5.74) is -0.0895.